The Kier molecular flexibility index (Phi) is 4.21. The number of imidazole rings is 1. The topological polar surface area (TPSA) is 39.0 Å². The Bertz CT molecular complexity index is 733. The summed E-state index contributed by atoms with van der Waals surface area (Å²) < 4.78 is 41.4. The Morgan fingerprint density at radius 3 is 2.24 bits per heavy atom. The molecule has 4 nitrogen and oxygen atoms in total. The van der Waals surface area contributed by atoms with E-state index in [-0.39, 0.29) is 5.69 Å². The van der Waals surface area contributed by atoms with Gasteiger partial charge in [0.25, 0.3) is 0 Å². The van der Waals surface area contributed by atoms with Crippen molar-refractivity contribution in [3.05, 3.63) is 32.7 Å². The van der Waals surface area contributed by atoms with E-state index < -0.39 is 18.6 Å². The van der Waals surface area contributed by atoms with Crippen molar-refractivity contribution in [1.29, 1.82) is 0 Å². The van der Waals surface area contributed by atoms with Gasteiger partial charge in [-0.05, 0) is 24.7 Å². The standard InChI is InChI=1S/C13H15BrF3N3O/c1-18-9(6-13(15,16)17)7-4-10-11(5-8(7)14)20(3)12(21)19(10)2/h4-5,9,18H,6H2,1-3H3. The number of aromatic nitrogens is 2. The molecule has 2 rings (SSSR count). The van der Waals surface area contributed by atoms with Gasteiger partial charge in [0.1, 0.15) is 0 Å². The lowest BCUT2D eigenvalue weighted by molar-refractivity contribution is -0.140. The second-order valence-corrected chi connectivity index (χ2v) is 5.78. The smallest absolute Gasteiger partial charge is 0.313 e. The second kappa shape index (κ2) is 5.49. The third kappa shape index (κ3) is 3.01. The van der Waals surface area contributed by atoms with E-state index in [1.165, 1.54) is 16.2 Å². The molecule has 1 N–H and O–H groups in total. The molecule has 0 radical (unpaired) electrons. The van der Waals surface area contributed by atoms with Crippen LogP contribution in [-0.2, 0) is 14.1 Å². The highest BCUT2D eigenvalue weighted by atomic mass is 79.9. The largest absolute Gasteiger partial charge is 0.390 e. The maximum Gasteiger partial charge on any atom is 0.390 e. The van der Waals surface area contributed by atoms with Crippen molar-refractivity contribution in [2.24, 2.45) is 14.1 Å². The number of nitrogens with zero attached hydrogens (tertiary/aromatic N) is 2. The summed E-state index contributed by atoms with van der Waals surface area (Å²) in [5.41, 5.74) is 1.53. The Balaban J connectivity index is 2.61. The van der Waals surface area contributed by atoms with Crippen molar-refractivity contribution < 1.29 is 13.2 Å². The fourth-order valence-electron chi connectivity index (χ4n) is 2.40. The zero-order chi connectivity index (χ0) is 15.9. The van der Waals surface area contributed by atoms with E-state index in [2.05, 4.69) is 21.2 Å². The summed E-state index contributed by atoms with van der Waals surface area (Å²) in [7, 11) is 4.71. The van der Waals surface area contributed by atoms with Crippen molar-refractivity contribution in [1.82, 2.24) is 14.5 Å². The molecule has 1 atom stereocenters. The quantitative estimate of drug-likeness (QED) is 0.908. The van der Waals surface area contributed by atoms with Crippen LogP contribution in [0, 0.1) is 0 Å². The summed E-state index contributed by atoms with van der Waals surface area (Å²) in [6.45, 7) is 0. The van der Waals surface area contributed by atoms with Gasteiger partial charge in [-0.25, -0.2) is 4.79 Å². The van der Waals surface area contributed by atoms with E-state index in [4.69, 9.17) is 0 Å². The van der Waals surface area contributed by atoms with Crippen LogP contribution in [0.4, 0.5) is 13.2 Å². The van der Waals surface area contributed by atoms with Gasteiger partial charge in [0.15, 0.2) is 0 Å². The zero-order valence-electron chi connectivity index (χ0n) is 11.8. The van der Waals surface area contributed by atoms with Crippen LogP contribution in [0.2, 0.25) is 0 Å². The minimum absolute atomic E-state index is 0.217. The molecule has 0 fully saturated rings. The first-order valence-corrected chi connectivity index (χ1v) is 7.04. The molecule has 116 valence electrons. The zero-order valence-corrected chi connectivity index (χ0v) is 13.3. The SMILES string of the molecule is CNC(CC(F)(F)F)c1cc2c(cc1Br)n(C)c(=O)n2C. The first kappa shape index (κ1) is 16.1. The Morgan fingerprint density at radius 2 is 1.76 bits per heavy atom. The molecule has 8 heteroatoms. The van der Waals surface area contributed by atoms with Crippen molar-refractivity contribution in [3.63, 3.8) is 0 Å². The average Bonchev–Trinajstić information content (AvgIpc) is 2.59. The summed E-state index contributed by atoms with van der Waals surface area (Å²) >= 11 is 3.30. The Hall–Kier alpha value is -1.28. The van der Waals surface area contributed by atoms with Crippen LogP contribution in [0.25, 0.3) is 11.0 Å². The second-order valence-electron chi connectivity index (χ2n) is 4.92. The number of alkyl halides is 3. The number of hydrogen-bond donors (Lipinski definition) is 1. The van der Waals surface area contributed by atoms with Gasteiger partial charge in [0, 0.05) is 24.6 Å². The summed E-state index contributed by atoms with van der Waals surface area (Å²) in [6, 6.07) is 2.42. The molecule has 0 bridgehead atoms. The molecule has 21 heavy (non-hydrogen) atoms. The lowest BCUT2D eigenvalue weighted by Gasteiger charge is -2.20. The van der Waals surface area contributed by atoms with Crippen LogP contribution < -0.4 is 11.0 Å². The first-order chi connectivity index (χ1) is 9.65. The van der Waals surface area contributed by atoms with Gasteiger partial charge in [-0.3, -0.25) is 9.13 Å². The van der Waals surface area contributed by atoms with Crippen molar-refractivity contribution in [3.8, 4) is 0 Å². The van der Waals surface area contributed by atoms with Gasteiger partial charge >= 0.3 is 11.9 Å². The Morgan fingerprint density at radius 1 is 1.24 bits per heavy atom. The van der Waals surface area contributed by atoms with Gasteiger partial charge < -0.3 is 5.32 Å². The summed E-state index contributed by atoms with van der Waals surface area (Å²) in [6.07, 6.45) is -5.25. The molecule has 0 amide bonds. The van der Waals surface area contributed by atoms with Crippen LogP contribution in [0.15, 0.2) is 21.4 Å². The molecule has 0 aliphatic carbocycles. The highest BCUT2D eigenvalue weighted by molar-refractivity contribution is 9.10. The van der Waals surface area contributed by atoms with Crippen molar-refractivity contribution >= 4 is 27.0 Å². The van der Waals surface area contributed by atoms with E-state index >= 15 is 0 Å². The van der Waals surface area contributed by atoms with Gasteiger partial charge in [0.2, 0.25) is 0 Å². The van der Waals surface area contributed by atoms with Crippen LogP contribution in [0.3, 0.4) is 0 Å². The van der Waals surface area contributed by atoms with Gasteiger partial charge in [0.05, 0.1) is 17.5 Å². The molecule has 0 aliphatic rings. The maximum atomic E-state index is 12.7. The third-order valence-electron chi connectivity index (χ3n) is 3.55. The number of nitrogens with one attached hydrogen (secondary N) is 1. The van der Waals surface area contributed by atoms with Crippen LogP contribution >= 0.6 is 15.9 Å². The fraction of sp³-hybridized carbons (Fsp3) is 0.462. The molecule has 0 saturated carbocycles. The van der Waals surface area contributed by atoms with Gasteiger partial charge in [-0.15, -0.1) is 0 Å². The van der Waals surface area contributed by atoms with Crippen molar-refractivity contribution in [2.75, 3.05) is 7.05 Å². The lowest BCUT2D eigenvalue weighted by atomic mass is 10.0. The molecule has 0 saturated heterocycles. The molecule has 0 aliphatic heterocycles. The van der Waals surface area contributed by atoms with Crippen LogP contribution in [0.1, 0.15) is 18.0 Å². The number of aryl methyl sites for hydroxylation is 2. The predicted octanol–water partition coefficient (Wildman–Crippen LogP) is 2.85. The number of rotatable bonds is 3. The van der Waals surface area contributed by atoms with Crippen LogP contribution in [0.5, 0.6) is 0 Å². The fourth-order valence-corrected chi connectivity index (χ4v) is 3.01. The molecule has 1 unspecified atom stereocenters. The molecule has 1 aromatic heterocycles. The summed E-state index contributed by atoms with van der Waals surface area (Å²) in [5.74, 6) is 0. The van der Waals surface area contributed by atoms with E-state index in [0.717, 1.165) is 0 Å². The number of halogens is 4. The predicted molar refractivity (Wildman–Crippen MR) is 78.3 cm³/mol. The number of benzene rings is 1. The van der Waals surface area contributed by atoms with E-state index in [1.807, 2.05) is 0 Å². The minimum Gasteiger partial charge on any atom is -0.313 e. The molecular weight excluding hydrogens is 351 g/mol. The molecule has 1 aromatic carbocycles. The van der Waals surface area contributed by atoms with Gasteiger partial charge in [-0.2, -0.15) is 13.2 Å². The third-order valence-corrected chi connectivity index (χ3v) is 4.24. The monoisotopic (exact) mass is 365 g/mol. The highest BCUT2D eigenvalue weighted by Gasteiger charge is 2.33. The molecule has 0 spiro atoms. The molecular formula is C13H15BrF3N3O. The van der Waals surface area contributed by atoms with Crippen molar-refractivity contribution in [2.45, 2.75) is 18.6 Å². The first-order valence-electron chi connectivity index (χ1n) is 6.24. The van der Waals surface area contributed by atoms with Crippen LogP contribution in [-0.4, -0.2) is 22.4 Å². The van der Waals surface area contributed by atoms with E-state index in [1.54, 1.807) is 26.2 Å². The Labute approximate surface area is 127 Å². The number of fused-ring (bicyclic) bond motifs is 1. The summed E-state index contributed by atoms with van der Waals surface area (Å²) in [5, 5.41) is 2.68. The normalized spacial score (nSPS) is 13.9. The molecule has 2 aromatic rings. The highest BCUT2D eigenvalue weighted by Crippen LogP contribution is 2.34. The van der Waals surface area contributed by atoms with E-state index in [0.29, 0.717) is 21.1 Å². The van der Waals surface area contributed by atoms with Gasteiger partial charge in [-0.1, -0.05) is 15.9 Å². The number of hydrogen-bond acceptors (Lipinski definition) is 2. The minimum atomic E-state index is -4.27. The summed E-state index contributed by atoms with van der Waals surface area (Å²) in [4.78, 5) is 11.9. The maximum absolute atomic E-state index is 12.7. The average molecular weight is 366 g/mol. The van der Waals surface area contributed by atoms with E-state index in [9.17, 15) is 18.0 Å². The lowest BCUT2D eigenvalue weighted by Crippen LogP contribution is -2.24. The molecule has 1 heterocycles.